The van der Waals surface area contributed by atoms with Gasteiger partial charge in [0, 0.05) is 5.69 Å². The lowest BCUT2D eigenvalue weighted by molar-refractivity contribution is 0.0696. The fourth-order valence-electron chi connectivity index (χ4n) is 2.27. The molecule has 0 saturated carbocycles. The molecule has 6 nitrogen and oxygen atoms in total. The van der Waals surface area contributed by atoms with Crippen molar-refractivity contribution in [1.29, 1.82) is 0 Å². The van der Waals surface area contributed by atoms with Crippen molar-refractivity contribution in [3.8, 4) is 5.82 Å². The minimum atomic E-state index is -0.985. The summed E-state index contributed by atoms with van der Waals surface area (Å²) in [5.74, 6) is -0.637. The van der Waals surface area contributed by atoms with Crippen LogP contribution in [0.3, 0.4) is 0 Å². The molecule has 0 atom stereocenters. The molecule has 0 fully saturated rings. The molecule has 2 heterocycles. The van der Waals surface area contributed by atoms with Crippen molar-refractivity contribution in [2.45, 2.75) is 25.7 Å². The van der Waals surface area contributed by atoms with Crippen LogP contribution in [0.15, 0.2) is 18.7 Å². The van der Waals surface area contributed by atoms with Crippen molar-refractivity contribution in [3.63, 3.8) is 0 Å². The van der Waals surface area contributed by atoms with Crippen LogP contribution >= 0.6 is 0 Å². The highest BCUT2D eigenvalue weighted by molar-refractivity contribution is 5.91. The number of aryl methyl sites for hydroxylation is 2. The summed E-state index contributed by atoms with van der Waals surface area (Å²) in [6.07, 6.45) is 6.83. The number of carbonyl (C=O) groups is 1. The van der Waals surface area contributed by atoms with E-state index < -0.39 is 5.97 Å². The van der Waals surface area contributed by atoms with E-state index in [2.05, 4.69) is 15.1 Å². The van der Waals surface area contributed by atoms with E-state index in [-0.39, 0.29) is 5.56 Å². The van der Waals surface area contributed by atoms with Crippen molar-refractivity contribution in [2.75, 3.05) is 0 Å². The predicted octanol–water partition coefficient (Wildman–Crippen LogP) is 1.24. The number of rotatable bonds is 2. The summed E-state index contributed by atoms with van der Waals surface area (Å²) >= 11 is 0. The summed E-state index contributed by atoms with van der Waals surface area (Å²) in [6, 6.07) is 1.72. The van der Waals surface area contributed by atoms with Gasteiger partial charge in [0.15, 0.2) is 5.82 Å². The third kappa shape index (κ3) is 1.75. The maximum Gasteiger partial charge on any atom is 0.339 e. The molecular weight excluding hydrogens is 232 g/mol. The molecule has 2 aromatic heterocycles. The number of aromatic carboxylic acids is 1. The fraction of sp³-hybridized carbons (Fsp3) is 0.333. The minimum absolute atomic E-state index is 0.182. The van der Waals surface area contributed by atoms with Gasteiger partial charge in [-0.3, -0.25) is 0 Å². The van der Waals surface area contributed by atoms with Crippen LogP contribution in [-0.4, -0.2) is 30.8 Å². The summed E-state index contributed by atoms with van der Waals surface area (Å²) in [7, 11) is 0. The number of aromatic nitrogens is 4. The number of carboxylic acid groups (broad SMARTS) is 1. The van der Waals surface area contributed by atoms with E-state index in [0.29, 0.717) is 5.82 Å². The average Bonchev–Trinajstić information content (AvgIpc) is 2.91. The molecule has 0 saturated heterocycles. The van der Waals surface area contributed by atoms with Crippen molar-refractivity contribution >= 4 is 5.97 Å². The second-order valence-corrected chi connectivity index (χ2v) is 4.32. The van der Waals surface area contributed by atoms with Gasteiger partial charge < -0.3 is 5.11 Å². The normalized spacial score (nSPS) is 14.2. The molecule has 2 aromatic rings. The van der Waals surface area contributed by atoms with Crippen LogP contribution in [0.2, 0.25) is 0 Å². The number of hydrogen-bond acceptors (Lipinski definition) is 4. The van der Waals surface area contributed by atoms with Crippen LogP contribution in [0.25, 0.3) is 5.82 Å². The number of fused-ring (bicyclic) bond motifs is 1. The zero-order valence-electron chi connectivity index (χ0n) is 9.70. The van der Waals surface area contributed by atoms with Crippen LogP contribution in [0, 0.1) is 0 Å². The van der Waals surface area contributed by atoms with Gasteiger partial charge in [-0.2, -0.15) is 5.10 Å². The van der Waals surface area contributed by atoms with E-state index in [1.807, 2.05) is 0 Å². The van der Waals surface area contributed by atoms with Crippen LogP contribution in [0.1, 0.15) is 34.5 Å². The Hall–Kier alpha value is -2.24. The standard InChI is InChI=1S/C12H12N4O2/c17-12(18)9-5-8-3-1-2-4-10(8)15-11(9)16-7-13-6-14-16/h5-7H,1-4H2,(H,17,18). The van der Waals surface area contributed by atoms with E-state index in [1.165, 1.54) is 17.3 Å². The highest BCUT2D eigenvalue weighted by atomic mass is 16.4. The monoisotopic (exact) mass is 244 g/mol. The van der Waals surface area contributed by atoms with Gasteiger partial charge in [0.2, 0.25) is 0 Å². The lowest BCUT2D eigenvalue weighted by atomic mass is 9.95. The molecule has 0 unspecified atom stereocenters. The molecule has 0 bridgehead atoms. The van der Waals surface area contributed by atoms with Gasteiger partial charge in [-0.25, -0.2) is 19.4 Å². The Kier molecular flexibility index (Phi) is 2.55. The van der Waals surface area contributed by atoms with E-state index in [1.54, 1.807) is 6.07 Å². The first kappa shape index (κ1) is 10.9. The maximum absolute atomic E-state index is 11.3. The van der Waals surface area contributed by atoms with Crippen molar-refractivity contribution < 1.29 is 9.90 Å². The number of hydrogen-bond donors (Lipinski definition) is 1. The summed E-state index contributed by atoms with van der Waals surface area (Å²) in [4.78, 5) is 19.6. The van der Waals surface area contributed by atoms with Gasteiger partial charge >= 0.3 is 5.97 Å². The van der Waals surface area contributed by atoms with Gasteiger partial charge in [0.25, 0.3) is 0 Å². The van der Waals surface area contributed by atoms with E-state index in [4.69, 9.17) is 0 Å². The Balaban J connectivity index is 2.19. The summed E-state index contributed by atoms with van der Waals surface area (Å²) < 4.78 is 1.40. The molecule has 1 aliphatic carbocycles. The molecule has 1 aliphatic rings. The lowest BCUT2D eigenvalue weighted by Crippen LogP contribution is -2.14. The summed E-state index contributed by atoms with van der Waals surface area (Å²) in [6.45, 7) is 0. The van der Waals surface area contributed by atoms with Gasteiger partial charge in [-0.15, -0.1) is 0 Å². The highest BCUT2D eigenvalue weighted by Gasteiger charge is 2.20. The van der Waals surface area contributed by atoms with Crippen LogP contribution in [0.4, 0.5) is 0 Å². The third-order valence-electron chi connectivity index (χ3n) is 3.15. The Morgan fingerprint density at radius 1 is 1.33 bits per heavy atom. The molecule has 92 valence electrons. The smallest absolute Gasteiger partial charge is 0.339 e. The third-order valence-corrected chi connectivity index (χ3v) is 3.15. The van der Waals surface area contributed by atoms with Gasteiger partial charge in [0.1, 0.15) is 18.2 Å². The molecule has 18 heavy (non-hydrogen) atoms. The Morgan fingerprint density at radius 3 is 2.89 bits per heavy atom. The topological polar surface area (TPSA) is 80.9 Å². The van der Waals surface area contributed by atoms with Crippen LogP contribution in [-0.2, 0) is 12.8 Å². The molecule has 1 N–H and O–H groups in total. The number of pyridine rings is 1. The first-order valence-corrected chi connectivity index (χ1v) is 5.87. The SMILES string of the molecule is O=C(O)c1cc2c(nc1-n1cncn1)CCCC2. The van der Waals surface area contributed by atoms with Crippen molar-refractivity contribution in [2.24, 2.45) is 0 Å². The van der Waals surface area contributed by atoms with Gasteiger partial charge in [-0.05, 0) is 37.3 Å². The molecule has 0 aromatic carbocycles. The summed E-state index contributed by atoms with van der Waals surface area (Å²) in [5.41, 5.74) is 2.21. The molecular formula is C12H12N4O2. The minimum Gasteiger partial charge on any atom is -0.478 e. The zero-order valence-corrected chi connectivity index (χ0v) is 9.70. The average molecular weight is 244 g/mol. The second-order valence-electron chi connectivity index (χ2n) is 4.32. The number of carboxylic acids is 1. The number of nitrogens with zero attached hydrogens (tertiary/aromatic N) is 4. The van der Waals surface area contributed by atoms with Crippen molar-refractivity contribution in [1.82, 2.24) is 19.7 Å². The predicted molar refractivity (Wildman–Crippen MR) is 62.8 cm³/mol. The largest absolute Gasteiger partial charge is 0.478 e. The molecule has 0 radical (unpaired) electrons. The first-order valence-electron chi connectivity index (χ1n) is 5.87. The fourth-order valence-corrected chi connectivity index (χ4v) is 2.27. The molecule has 0 amide bonds. The van der Waals surface area contributed by atoms with Crippen molar-refractivity contribution in [3.05, 3.63) is 35.5 Å². The molecule has 0 spiro atoms. The Labute approximate surface area is 103 Å². The second kappa shape index (κ2) is 4.21. The molecule has 6 heteroatoms. The Bertz CT molecular complexity index is 592. The van der Waals surface area contributed by atoms with E-state index in [0.717, 1.165) is 36.9 Å². The van der Waals surface area contributed by atoms with Crippen LogP contribution < -0.4 is 0 Å². The van der Waals surface area contributed by atoms with Crippen LogP contribution in [0.5, 0.6) is 0 Å². The summed E-state index contributed by atoms with van der Waals surface area (Å²) in [5, 5.41) is 13.2. The Morgan fingerprint density at radius 2 is 2.17 bits per heavy atom. The zero-order chi connectivity index (χ0) is 12.5. The molecule has 3 rings (SSSR count). The maximum atomic E-state index is 11.3. The quantitative estimate of drug-likeness (QED) is 0.859. The van der Waals surface area contributed by atoms with Gasteiger partial charge in [-0.1, -0.05) is 0 Å². The van der Waals surface area contributed by atoms with Gasteiger partial charge in [0.05, 0.1) is 0 Å². The molecule has 0 aliphatic heterocycles. The lowest BCUT2D eigenvalue weighted by Gasteiger charge is -2.17. The first-order chi connectivity index (χ1) is 8.75. The van der Waals surface area contributed by atoms with E-state index >= 15 is 0 Å². The highest BCUT2D eigenvalue weighted by Crippen LogP contribution is 2.23. The van der Waals surface area contributed by atoms with E-state index in [9.17, 15) is 9.90 Å².